The number of ether oxygens (including phenoxy) is 1. The number of piperidine rings is 1. The second-order valence-electron chi connectivity index (χ2n) is 8.29. The van der Waals surface area contributed by atoms with Crippen molar-refractivity contribution < 1.29 is 26.8 Å². The maximum Gasteiger partial charge on any atom is 0.243 e. The van der Waals surface area contributed by atoms with Crippen molar-refractivity contribution in [2.45, 2.75) is 17.7 Å². The molecule has 0 spiro atoms. The number of sulfonamides is 1. The number of carbonyl (C=O) groups is 1. The Labute approximate surface area is 196 Å². The van der Waals surface area contributed by atoms with Crippen LogP contribution >= 0.6 is 0 Å². The topological polar surface area (TPSA) is 88.9 Å². The molecule has 176 valence electrons. The number of benzene rings is 3. The van der Waals surface area contributed by atoms with E-state index in [0.29, 0.717) is 36.4 Å². The Hall–Kier alpha value is -3.43. The fourth-order valence-electron chi connectivity index (χ4n) is 4.38. The molecule has 9 heteroatoms. The van der Waals surface area contributed by atoms with Gasteiger partial charge in [-0.2, -0.15) is 4.31 Å². The molecule has 0 aliphatic carbocycles. The van der Waals surface area contributed by atoms with E-state index in [9.17, 15) is 17.6 Å². The summed E-state index contributed by atoms with van der Waals surface area (Å²) in [6.45, 7) is 0.346. The van der Waals surface area contributed by atoms with Gasteiger partial charge in [0, 0.05) is 29.9 Å². The Bertz CT molecular complexity index is 1480. The summed E-state index contributed by atoms with van der Waals surface area (Å²) < 4.78 is 51.9. The lowest BCUT2D eigenvalue weighted by Crippen LogP contribution is -2.43. The quantitative estimate of drug-likeness (QED) is 0.443. The van der Waals surface area contributed by atoms with Crippen molar-refractivity contribution in [3.8, 4) is 5.75 Å². The molecule has 1 unspecified atom stereocenters. The van der Waals surface area contributed by atoms with Gasteiger partial charge in [0.05, 0.1) is 23.6 Å². The van der Waals surface area contributed by atoms with Crippen LogP contribution in [0.1, 0.15) is 12.8 Å². The van der Waals surface area contributed by atoms with Crippen LogP contribution < -0.4 is 10.1 Å². The Morgan fingerprint density at radius 2 is 1.85 bits per heavy atom. The zero-order valence-corrected chi connectivity index (χ0v) is 19.3. The zero-order valence-electron chi connectivity index (χ0n) is 18.5. The van der Waals surface area contributed by atoms with Gasteiger partial charge in [-0.25, -0.2) is 12.8 Å². The summed E-state index contributed by atoms with van der Waals surface area (Å²) in [7, 11) is -2.30. The minimum atomic E-state index is -3.83. The normalized spacial score (nSPS) is 17.2. The van der Waals surface area contributed by atoms with Crippen LogP contribution in [0.15, 0.2) is 70.0 Å². The summed E-state index contributed by atoms with van der Waals surface area (Å²) in [5.74, 6) is -0.864. The highest BCUT2D eigenvalue weighted by Crippen LogP contribution is 2.37. The van der Waals surface area contributed by atoms with Crippen molar-refractivity contribution >= 4 is 43.6 Å². The summed E-state index contributed by atoms with van der Waals surface area (Å²) in [4.78, 5) is 13.1. The predicted octanol–water partition coefficient (Wildman–Crippen LogP) is 4.77. The Balaban J connectivity index is 1.38. The molecule has 2 heterocycles. The monoisotopic (exact) mass is 482 g/mol. The summed E-state index contributed by atoms with van der Waals surface area (Å²) in [6.07, 6.45) is 1.09. The SMILES string of the molecule is COc1cc2c(cc1NC(=O)C1CCCN(S(=O)(=O)c3ccc(F)cc3)C1)oc1ccccc12. The number of anilines is 1. The maximum atomic E-state index is 13.2. The van der Waals surface area contributed by atoms with Crippen LogP contribution in [-0.2, 0) is 14.8 Å². The Kier molecular flexibility index (Phi) is 5.75. The van der Waals surface area contributed by atoms with Crippen molar-refractivity contribution in [1.29, 1.82) is 0 Å². The van der Waals surface area contributed by atoms with Gasteiger partial charge in [-0.3, -0.25) is 4.79 Å². The number of hydrogen-bond donors (Lipinski definition) is 1. The van der Waals surface area contributed by atoms with Gasteiger partial charge in [-0.05, 0) is 49.2 Å². The summed E-state index contributed by atoms with van der Waals surface area (Å²) in [6, 6.07) is 15.9. The second kappa shape index (κ2) is 8.73. The van der Waals surface area contributed by atoms with E-state index >= 15 is 0 Å². The van der Waals surface area contributed by atoms with E-state index in [1.165, 1.54) is 23.5 Å². The number of nitrogens with zero attached hydrogens (tertiary/aromatic N) is 1. The number of carbonyl (C=O) groups excluding carboxylic acids is 1. The van der Waals surface area contributed by atoms with E-state index in [1.807, 2.05) is 30.3 Å². The van der Waals surface area contributed by atoms with Gasteiger partial charge < -0.3 is 14.5 Å². The molecular weight excluding hydrogens is 459 g/mol. The van der Waals surface area contributed by atoms with Gasteiger partial charge in [0.25, 0.3) is 0 Å². The molecule has 3 aromatic carbocycles. The van der Waals surface area contributed by atoms with Crippen molar-refractivity contribution in [3.05, 3.63) is 66.5 Å². The molecule has 1 aliphatic heterocycles. The minimum absolute atomic E-state index is 0.00645. The van der Waals surface area contributed by atoms with Crippen LogP contribution in [0.25, 0.3) is 21.9 Å². The van der Waals surface area contributed by atoms with Crippen LogP contribution in [0.4, 0.5) is 10.1 Å². The first-order valence-corrected chi connectivity index (χ1v) is 12.4. The van der Waals surface area contributed by atoms with Crippen molar-refractivity contribution in [1.82, 2.24) is 4.31 Å². The number of furan rings is 1. The van der Waals surface area contributed by atoms with Gasteiger partial charge in [0.15, 0.2) is 0 Å². The molecule has 5 rings (SSSR count). The van der Waals surface area contributed by atoms with Crippen molar-refractivity contribution in [3.63, 3.8) is 0 Å². The highest BCUT2D eigenvalue weighted by molar-refractivity contribution is 7.89. The van der Waals surface area contributed by atoms with Crippen molar-refractivity contribution in [2.75, 3.05) is 25.5 Å². The lowest BCUT2D eigenvalue weighted by molar-refractivity contribution is -0.120. The van der Waals surface area contributed by atoms with Gasteiger partial charge in [0.2, 0.25) is 15.9 Å². The highest BCUT2D eigenvalue weighted by atomic mass is 32.2. The number of nitrogens with one attached hydrogen (secondary N) is 1. The van der Waals surface area contributed by atoms with Crippen LogP contribution in [0.5, 0.6) is 5.75 Å². The number of halogens is 1. The molecule has 0 bridgehead atoms. The van der Waals surface area contributed by atoms with E-state index in [1.54, 1.807) is 6.07 Å². The Morgan fingerprint density at radius 1 is 1.09 bits per heavy atom. The van der Waals surface area contributed by atoms with E-state index in [-0.39, 0.29) is 17.3 Å². The Morgan fingerprint density at radius 3 is 2.62 bits per heavy atom. The number of hydrogen-bond acceptors (Lipinski definition) is 5. The summed E-state index contributed by atoms with van der Waals surface area (Å²) in [5, 5.41) is 4.71. The second-order valence-corrected chi connectivity index (χ2v) is 10.2. The molecule has 1 aliphatic rings. The molecule has 0 radical (unpaired) electrons. The number of fused-ring (bicyclic) bond motifs is 3. The zero-order chi connectivity index (χ0) is 23.9. The lowest BCUT2D eigenvalue weighted by Gasteiger charge is -2.31. The van der Waals surface area contributed by atoms with Crippen molar-refractivity contribution in [2.24, 2.45) is 5.92 Å². The first kappa shape index (κ1) is 22.4. The molecular formula is C25H23FN2O5S. The molecule has 7 nitrogen and oxygen atoms in total. The van der Waals surface area contributed by atoms with Crippen LogP contribution in [-0.4, -0.2) is 38.8 Å². The molecule has 1 amide bonds. The summed E-state index contributed by atoms with van der Waals surface area (Å²) >= 11 is 0. The smallest absolute Gasteiger partial charge is 0.243 e. The third kappa shape index (κ3) is 4.01. The summed E-state index contributed by atoms with van der Waals surface area (Å²) in [5.41, 5.74) is 1.80. The van der Waals surface area contributed by atoms with E-state index in [4.69, 9.17) is 9.15 Å². The highest BCUT2D eigenvalue weighted by Gasteiger charge is 2.33. The number of methoxy groups -OCH3 is 1. The van der Waals surface area contributed by atoms with Gasteiger partial charge in [0.1, 0.15) is 22.7 Å². The largest absolute Gasteiger partial charge is 0.495 e. The molecule has 1 atom stereocenters. The number of rotatable bonds is 5. The molecule has 34 heavy (non-hydrogen) atoms. The first-order chi connectivity index (χ1) is 16.4. The fraction of sp³-hybridized carbons (Fsp3) is 0.240. The minimum Gasteiger partial charge on any atom is -0.495 e. The average Bonchev–Trinajstić information content (AvgIpc) is 3.21. The number of para-hydroxylation sites is 1. The molecule has 1 fully saturated rings. The van der Waals surface area contributed by atoms with Gasteiger partial charge in [-0.15, -0.1) is 0 Å². The number of amides is 1. The van der Waals surface area contributed by atoms with Crippen LogP contribution in [0.2, 0.25) is 0 Å². The van der Waals surface area contributed by atoms with Gasteiger partial charge >= 0.3 is 0 Å². The maximum absolute atomic E-state index is 13.2. The standard InChI is InChI=1S/C25H23FN2O5S/c1-32-24-13-20-19-6-2-3-7-22(19)33-23(20)14-21(24)27-25(29)16-5-4-12-28(15-16)34(30,31)18-10-8-17(26)9-11-18/h2-3,6-11,13-14,16H,4-5,12,15H2,1H3,(H,27,29). The predicted molar refractivity (Wildman–Crippen MR) is 127 cm³/mol. The third-order valence-electron chi connectivity index (χ3n) is 6.16. The van der Waals surface area contributed by atoms with Crippen LogP contribution in [0.3, 0.4) is 0 Å². The van der Waals surface area contributed by atoms with E-state index < -0.39 is 21.8 Å². The van der Waals surface area contributed by atoms with E-state index in [2.05, 4.69) is 5.32 Å². The molecule has 4 aromatic rings. The first-order valence-electron chi connectivity index (χ1n) is 10.9. The molecule has 0 saturated carbocycles. The molecule has 1 aromatic heterocycles. The third-order valence-corrected chi connectivity index (χ3v) is 8.04. The van der Waals surface area contributed by atoms with Crippen LogP contribution in [0, 0.1) is 11.7 Å². The van der Waals surface area contributed by atoms with Gasteiger partial charge in [-0.1, -0.05) is 18.2 Å². The lowest BCUT2D eigenvalue weighted by atomic mass is 9.98. The average molecular weight is 483 g/mol. The van der Waals surface area contributed by atoms with E-state index in [0.717, 1.165) is 28.5 Å². The molecule has 1 N–H and O–H groups in total. The fourth-order valence-corrected chi connectivity index (χ4v) is 5.91. The molecule has 1 saturated heterocycles.